The van der Waals surface area contributed by atoms with E-state index in [9.17, 15) is 30.8 Å². The highest BCUT2D eigenvalue weighted by atomic mass is 32.2. The van der Waals surface area contributed by atoms with Gasteiger partial charge in [-0.15, -0.1) is 0 Å². The first-order valence-electron chi connectivity index (χ1n) is 9.21. The van der Waals surface area contributed by atoms with Gasteiger partial charge in [0.15, 0.2) is 0 Å². The molecule has 0 aromatic heterocycles. The Morgan fingerprint density at radius 3 is 2.19 bits per heavy atom. The Balaban J connectivity index is 2.11. The summed E-state index contributed by atoms with van der Waals surface area (Å²) in [6.07, 6.45) is -4.87. The van der Waals surface area contributed by atoms with Crippen molar-refractivity contribution in [3.05, 3.63) is 65.5 Å². The average molecular weight is 461 g/mol. The Morgan fingerprint density at radius 1 is 1.06 bits per heavy atom. The molecule has 0 bridgehead atoms. The lowest BCUT2D eigenvalue weighted by atomic mass is 10.1. The summed E-state index contributed by atoms with van der Waals surface area (Å²) in [5.41, 5.74) is -0.599. The van der Waals surface area contributed by atoms with Gasteiger partial charge in [0.1, 0.15) is 5.82 Å². The third kappa shape index (κ3) is 6.49. The number of amides is 1. The van der Waals surface area contributed by atoms with Crippen LogP contribution in [0.25, 0.3) is 0 Å². The Morgan fingerprint density at radius 2 is 1.65 bits per heavy atom. The molecule has 0 heterocycles. The third-order valence-electron chi connectivity index (χ3n) is 4.55. The van der Waals surface area contributed by atoms with Crippen LogP contribution in [0.15, 0.2) is 53.4 Å². The molecule has 2 rings (SSSR count). The van der Waals surface area contributed by atoms with Gasteiger partial charge in [-0.1, -0.05) is 24.3 Å². The van der Waals surface area contributed by atoms with E-state index in [1.54, 1.807) is 31.1 Å². The molecule has 0 aliphatic heterocycles. The standard InChI is InChI=1S/C20H23F4N3O3S/c1-13(26-31(29,30)18-7-5-4-6-16(18)20(22,23)24)19(28)25-12-17(27(2)3)14-8-10-15(21)11-9-14/h4-11,13,17,26H,12H2,1-3H3,(H,25,28)/t13-,17?/m0/s1. The van der Waals surface area contributed by atoms with Crippen LogP contribution in [0.2, 0.25) is 0 Å². The molecule has 31 heavy (non-hydrogen) atoms. The summed E-state index contributed by atoms with van der Waals surface area (Å²) in [6.45, 7) is 1.30. The lowest BCUT2D eigenvalue weighted by molar-refractivity contribution is -0.139. The van der Waals surface area contributed by atoms with Crippen molar-refractivity contribution in [1.82, 2.24) is 14.9 Å². The van der Waals surface area contributed by atoms with Gasteiger partial charge in [0.2, 0.25) is 15.9 Å². The predicted octanol–water partition coefficient (Wildman–Crippen LogP) is 2.93. The molecule has 2 atom stereocenters. The van der Waals surface area contributed by atoms with Crippen LogP contribution >= 0.6 is 0 Å². The number of alkyl halides is 3. The molecule has 1 unspecified atom stereocenters. The van der Waals surface area contributed by atoms with Crippen molar-refractivity contribution >= 4 is 15.9 Å². The number of sulfonamides is 1. The summed E-state index contributed by atoms with van der Waals surface area (Å²) in [4.78, 5) is 13.2. The largest absolute Gasteiger partial charge is 0.417 e. The molecule has 2 N–H and O–H groups in total. The normalized spacial score (nSPS) is 14.3. The average Bonchev–Trinajstić information content (AvgIpc) is 2.68. The Hall–Kier alpha value is -2.50. The number of nitrogens with zero attached hydrogens (tertiary/aromatic N) is 1. The summed E-state index contributed by atoms with van der Waals surface area (Å²) < 4.78 is 79.5. The monoisotopic (exact) mass is 461 g/mol. The van der Waals surface area contributed by atoms with Crippen molar-refractivity contribution in [2.45, 2.75) is 30.1 Å². The van der Waals surface area contributed by atoms with Crippen molar-refractivity contribution in [3.8, 4) is 0 Å². The van der Waals surface area contributed by atoms with Crippen LogP contribution in [0.5, 0.6) is 0 Å². The zero-order valence-electron chi connectivity index (χ0n) is 17.1. The molecule has 0 radical (unpaired) electrons. The maximum atomic E-state index is 13.2. The number of benzene rings is 2. The van der Waals surface area contributed by atoms with E-state index in [-0.39, 0.29) is 12.6 Å². The minimum absolute atomic E-state index is 0.0721. The fourth-order valence-electron chi connectivity index (χ4n) is 2.92. The van der Waals surface area contributed by atoms with E-state index in [2.05, 4.69) is 5.32 Å². The second kappa shape index (κ2) is 9.75. The van der Waals surface area contributed by atoms with Crippen LogP contribution in [-0.2, 0) is 21.0 Å². The highest BCUT2D eigenvalue weighted by Crippen LogP contribution is 2.33. The second-order valence-corrected chi connectivity index (χ2v) is 8.80. The van der Waals surface area contributed by atoms with Crippen LogP contribution in [0.3, 0.4) is 0 Å². The molecule has 0 spiro atoms. The smallest absolute Gasteiger partial charge is 0.353 e. The van der Waals surface area contributed by atoms with Crippen LogP contribution in [0.4, 0.5) is 17.6 Å². The third-order valence-corrected chi connectivity index (χ3v) is 6.15. The molecule has 0 fully saturated rings. The highest BCUT2D eigenvalue weighted by molar-refractivity contribution is 7.89. The van der Waals surface area contributed by atoms with Gasteiger partial charge >= 0.3 is 6.18 Å². The number of hydrogen-bond acceptors (Lipinski definition) is 4. The minimum atomic E-state index is -4.87. The minimum Gasteiger partial charge on any atom is -0.353 e. The molecule has 6 nitrogen and oxygen atoms in total. The van der Waals surface area contributed by atoms with E-state index in [4.69, 9.17) is 0 Å². The SMILES string of the molecule is C[C@H](NS(=O)(=O)c1ccccc1C(F)(F)F)C(=O)NCC(c1ccc(F)cc1)N(C)C. The van der Waals surface area contributed by atoms with Gasteiger partial charge in [0, 0.05) is 6.54 Å². The predicted molar refractivity (Wildman–Crippen MR) is 107 cm³/mol. The number of carbonyl (C=O) groups excluding carboxylic acids is 1. The molecule has 1 amide bonds. The Labute approximate surface area is 178 Å². The fraction of sp³-hybridized carbons (Fsp3) is 0.350. The fourth-order valence-corrected chi connectivity index (χ4v) is 4.35. The lowest BCUT2D eigenvalue weighted by Gasteiger charge is -2.26. The van der Waals surface area contributed by atoms with Crippen molar-refractivity contribution in [2.24, 2.45) is 0 Å². The first-order valence-corrected chi connectivity index (χ1v) is 10.7. The molecule has 11 heteroatoms. The quantitative estimate of drug-likeness (QED) is 0.593. The van der Waals surface area contributed by atoms with Gasteiger partial charge < -0.3 is 10.2 Å². The lowest BCUT2D eigenvalue weighted by Crippen LogP contribution is -2.46. The Kier molecular flexibility index (Phi) is 7.79. The molecule has 0 saturated carbocycles. The maximum absolute atomic E-state index is 13.2. The van der Waals surface area contributed by atoms with Crippen molar-refractivity contribution in [2.75, 3.05) is 20.6 Å². The number of carbonyl (C=O) groups is 1. The summed E-state index contributed by atoms with van der Waals surface area (Å²) in [7, 11) is -1.11. The molecule has 2 aromatic rings. The van der Waals surface area contributed by atoms with Crippen molar-refractivity contribution < 1.29 is 30.8 Å². The molecular weight excluding hydrogens is 438 g/mol. The van der Waals surface area contributed by atoms with Crippen molar-refractivity contribution in [1.29, 1.82) is 0 Å². The molecule has 0 aliphatic carbocycles. The number of halogens is 4. The van der Waals surface area contributed by atoms with E-state index in [1.807, 2.05) is 4.72 Å². The number of likely N-dealkylation sites (N-methyl/N-ethyl adjacent to an activating group) is 1. The van der Waals surface area contributed by atoms with Gasteiger partial charge in [-0.25, -0.2) is 12.8 Å². The van der Waals surface area contributed by atoms with Gasteiger partial charge in [-0.05, 0) is 50.8 Å². The molecule has 2 aromatic carbocycles. The van der Waals surface area contributed by atoms with E-state index in [0.717, 1.165) is 17.7 Å². The second-order valence-electron chi connectivity index (χ2n) is 7.11. The van der Waals surface area contributed by atoms with Crippen molar-refractivity contribution in [3.63, 3.8) is 0 Å². The van der Waals surface area contributed by atoms with Gasteiger partial charge in [-0.3, -0.25) is 4.79 Å². The van der Waals surface area contributed by atoms with Crippen LogP contribution in [-0.4, -0.2) is 45.9 Å². The van der Waals surface area contributed by atoms with Crippen LogP contribution in [0.1, 0.15) is 24.1 Å². The topological polar surface area (TPSA) is 78.5 Å². The van der Waals surface area contributed by atoms with Crippen LogP contribution < -0.4 is 10.0 Å². The molecule has 170 valence electrons. The number of hydrogen-bond donors (Lipinski definition) is 2. The zero-order chi connectivity index (χ0) is 23.4. The molecule has 0 saturated heterocycles. The Bertz CT molecular complexity index is 1010. The highest BCUT2D eigenvalue weighted by Gasteiger charge is 2.37. The van der Waals surface area contributed by atoms with E-state index in [0.29, 0.717) is 6.07 Å². The molecular formula is C20H23F4N3O3S. The summed E-state index contributed by atoms with van der Waals surface area (Å²) in [6, 6.07) is 7.75. The first-order chi connectivity index (χ1) is 14.3. The zero-order valence-corrected chi connectivity index (χ0v) is 17.9. The number of nitrogens with one attached hydrogen (secondary N) is 2. The van der Waals surface area contributed by atoms with Gasteiger partial charge in [-0.2, -0.15) is 17.9 Å². The van der Waals surface area contributed by atoms with Gasteiger partial charge in [0.05, 0.1) is 22.5 Å². The van der Waals surface area contributed by atoms with Crippen LogP contribution in [0, 0.1) is 5.82 Å². The summed E-state index contributed by atoms with van der Waals surface area (Å²) in [5, 5.41) is 2.57. The maximum Gasteiger partial charge on any atom is 0.417 e. The van der Waals surface area contributed by atoms with E-state index >= 15 is 0 Å². The number of rotatable bonds is 8. The van der Waals surface area contributed by atoms with Gasteiger partial charge in [0.25, 0.3) is 0 Å². The molecule has 0 aliphatic rings. The van der Waals surface area contributed by atoms with E-state index in [1.165, 1.54) is 25.1 Å². The van der Waals surface area contributed by atoms with E-state index < -0.39 is 44.4 Å². The first kappa shape index (κ1) is 24.8. The summed E-state index contributed by atoms with van der Waals surface area (Å²) in [5.74, 6) is -1.13. The summed E-state index contributed by atoms with van der Waals surface area (Å²) >= 11 is 0.